The Morgan fingerprint density at radius 2 is 2.07 bits per heavy atom. The molecule has 3 heteroatoms. The molecule has 0 bridgehead atoms. The van der Waals surface area contributed by atoms with Gasteiger partial charge in [0.1, 0.15) is 5.69 Å². The zero-order valence-electron chi connectivity index (χ0n) is 8.68. The second kappa shape index (κ2) is 4.28. The van der Waals surface area contributed by atoms with Gasteiger partial charge in [-0.15, -0.1) is 0 Å². The van der Waals surface area contributed by atoms with E-state index in [0.717, 1.165) is 23.4 Å². The molecule has 0 aliphatic rings. The second-order valence-electron chi connectivity index (χ2n) is 3.50. The molecule has 1 heterocycles. The predicted molar refractivity (Wildman–Crippen MR) is 59.2 cm³/mol. The van der Waals surface area contributed by atoms with E-state index in [1.807, 2.05) is 43.3 Å². The van der Waals surface area contributed by atoms with Gasteiger partial charge in [-0.25, -0.2) is 0 Å². The first-order valence-corrected chi connectivity index (χ1v) is 5.09. The summed E-state index contributed by atoms with van der Waals surface area (Å²) in [5.41, 5.74) is 7.75. The van der Waals surface area contributed by atoms with E-state index in [0.29, 0.717) is 0 Å². The van der Waals surface area contributed by atoms with Crippen molar-refractivity contribution in [3.63, 3.8) is 0 Å². The van der Waals surface area contributed by atoms with Gasteiger partial charge in [0.2, 0.25) is 0 Å². The van der Waals surface area contributed by atoms with Crippen LogP contribution in [0.4, 0.5) is 0 Å². The van der Waals surface area contributed by atoms with Crippen LogP contribution in [-0.4, -0.2) is 5.16 Å². The molecule has 3 nitrogen and oxygen atoms in total. The van der Waals surface area contributed by atoms with Crippen molar-refractivity contribution in [1.82, 2.24) is 5.16 Å². The number of benzene rings is 1. The van der Waals surface area contributed by atoms with Crippen molar-refractivity contribution in [1.29, 1.82) is 0 Å². The summed E-state index contributed by atoms with van der Waals surface area (Å²) in [4.78, 5) is 0. The van der Waals surface area contributed by atoms with Crippen LogP contribution in [0.5, 0.6) is 0 Å². The molecule has 0 saturated carbocycles. The summed E-state index contributed by atoms with van der Waals surface area (Å²) in [5.74, 6) is 0.747. The molecule has 1 unspecified atom stereocenters. The number of aromatic nitrogens is 1. The molecule has 1 aromatic heterocycles. The quantitative estimate of drug-likeness (QED) is 0.832. The van der Waals surface area contributed by atoms with E-state index in [-0.39, 0.29) is 6.04 Å². The standard InChI is InChI=1S/C12H14N2O/c1-2-10(13)12-8-11(14-15-12)9-6-4-3-5-7-9/h3-8,10H,2,13H2,1H3. The Kier molecular flexibility index (Phi) is 2.83. The van der Waals surface area contributed by atoms with Crippen LogP contribution in [-0.2, 0) is 0 Å². The number of rotatable bonds is 3. The summed E-state index contributed by atoms with van der Waals surface area (Å²) < 4.78 is 5.20. The van der Waals surface area contributed by atoms with E-state index < -0.39 is 0 Å². The highest BCUT2D eigenvalue weighted by Gasteiger charge is 2.11. The van der Waals surface area contributed by atoms with Gasteiger partial charge in [0, 0.05) is 11.6 Å². The van der Waals surface area contributed by atoms with Gasteiger partial charge >= 0.3 is 0 Å². The molecule has 2 N–H and O–H groups in total. The molecular weight excluding hydrogens is 188 g/mol. The van der Waals surface area contributed by atoms with E-state index in [1.54, 1.807) is 0 Å². The smallest absolute Gasteiger partial charge is 0.154 e. The maximum absolute atomic E-state index is 5.85. The molecule has 0 fully saturated rings. The van der Waals surface area contributed by atoms with Crippen molar-refractivity contribution in [3.05, 3.63) is 42.2 Å². The summed E-state index contributed by atoms with van der Waals surface area (Å²) in [6.07, 6.45) is 0.851. The molecule has 0 amide bonds. The van der Waals surface area contributed by atoms with Crippen molar-refractivity contribution < 1.29 is 4.52 Å². The van der Waals surface area contributed by atoms with Crippen molar-refractivity contribution >= 4 is 0 Å². The molecule has 0 saturated heterocycles. The van der Waals surface area contributed by atoms with Crippen molar-refractivity contribution in [2.24, 2.45) is 5.73 Å². The molecule has 2 aromatic rings. The molecular formula is C12H14N2O. The Morgan fingerprint density at radius 3 is 2.73 bits per heavy atom. The summed E-state index contributed by atoms with van der Waals surface area (Å²) in [6, 6.07) is 11.8. The van der Waals surface area contributed by atoms with Gasteiger partial charge in [0.25, 0.3) is 0 Å². The van der Waals surface area contributed by atoms with Crippen molar-refractivity contribution in [2.75, 3.05) is 0 Å². The highest BCUT2D eigenvalue weighted by atomic mass is 16.5. The second-order valence-corrected chi connectivity index (χ2v) is 3.50. The van der Waals surface area contributed by atoms with Crippen molar-refractivity contribution in [2.45, 2.75) is 19.4 Å². The minimum absolute atomic E-state index is 0.0602. The topological polar surface area (TPSA) is 52.0 Å². The van der Waals surface area contributed by atoms with Crippen LogP contribution in [0.25, 0.3) is 11.3 Å². The Hall–Kier alpha value is -1.61. The zero-order chi connectivity index (χ0) is 10.7. The monoisotopic (exact) mass is 202 g/mol. The third-order valence-corrected chi connectivity index (χ3v) is 2.40. The van der Waals surface area contributed by atoms with E-state index in [2.05, 4.69) is 5.16 Å². The summed E-state index contributed by atoms with van der Waals surface area (Å²) >= 11 is 0. The minimum Gasteiger partial charge on any atom is -0.359 e. The Bertz CT molecular complexity index is 422. The van der Waals surface area contributed by atoms with Crippen LogP contribution in [0.1, 0.15) is 25.1 Å². The van der Waals surface area contributed by atoms with Gasteiger partial charge in [-0.05, 0) is 6.42 Å². The molecule has 1 atom stereocenters. The largest absolute Gasteiger partial charge is 0.359 e. The Labute approximate surface area is 88.9 Å². The molecule has 0 spiro atoms. The SMILES string of the molecule is CCC(N)c1cc(-c2ccccc2)no1. The van der Waals surface area contributed by atoms with Gasteiger partial charge in [0.05, 0.1) is 6.04 Å². The average Bonchev–Trinajstić information content (AvgIpc) is 2.78. The van der Waals surface area contributed by atoms with E-state index in [4.69, 9.17) is 10.3 Å². The van der Waals surface area contributed by atoms with Crippen LogP contribution in [0.3, 0.4) is 0 Å². The third kappa shape index (κ3) is 2.07. The fraction of sp³-hybridized carbons (Fsp3) is 0.250. The number of nitrogens with two attached hydrogens (primary N) is 1. The fourth-order valence-corrected chi connectivity index (χ4v) is 1.41. The lowest BCUT2D eigenvalue weighted by Crippen LogP contribution is -2.06. The maximum atomic E-state index is 5.85. The van der Waals surface area contributed by atoms with Crippen LogP contribution >= 0.6 is 0 Å². The lowest BCUT2D eigenvalue weighted by Gasteiger charge is -2.00. The normalized spacial score (nSPS) is 12.7. The lowest BCUT2D eigenvalue weighted by atomic mass is 10.1. The molecule has 1 aromatic carbocycles. The first-order valence-electron chi connectivity index (χ1n) is 5.09. The molecule has 2 rings (SSSR count). The van der Waals surface area contributed by atoms with Crippen LogP contribution in [0.2, 0.25) is 0 Å². The zero-order valence-corrected chi connectivity index (χ0v) is 8.68. The Morgan fingerprint density at radius 1 is 1.33 bits per heavy atom. The van der Waals surface area contributed by atoms with Gasteiger partial charge in [-0.3, -0.25) is 0 Å². The third-order valence-electron chi connectivity index (χ3n) is 2.40. The van der Waals surface area contributed by atoms with Crippen LogP contribution < -0.4 is 5.73 Å². The first-order chi connectivity index (χ1) is 7.31. The predicted octanol–water partition coefficient (Wildman–Crippen LogP) is 2.75. The maximum Gasteiger partial charge on any atom is 0.154 e. The lowest BCUT2D eigenvalue weighted by molar-refractivity contribution is 0.360. The summed E-state index contributed by atoms with van der Waals surface area (Å²) in [5, 5.41) is 4.00. The van der Waals surface area contributed by atoms with Gasteiger partial charge in [-0.2, -0.15) is 0 Å². The van der Waals surface area contributed by atoms with E-state index in [9.17, 15) is 0 Å². The van der Waals surface area contributed by atoms with Crippen LogP contribution in [0, 0.1) is 0 Å². The highest BCUT2D eigenvalue weighted by molar-refractivity contribution is 5.58. The van der Waals surface area contributed by atoms with E-state index in [1.165, 1.54) is 0 Å². The van der Waals surface area contributed by atoms with Crippen LogP contribution in [0.15, 0.2) is 40.9 Å². The molecule has 0 aliphatic carbocycles. The van der Waals surface area contributed by atoms with Gasteiger partial charge in [-0.1, -0.05) is 42.4 Å². The molecule has 0 radical (unpaired) electrons. The molecule has 0 aliphatic heterocycles. The van der Waals surface area contributed by atoms with E-state index >= 15 is 0 Å². The van der Waals surface area contributed by atoms with Gasteiger partial charge < -0.3 is 10.3 Å². The summed E-state index contributed by atoms with van der Waals surface area (Å²) in [6.45, 7) is 2.02. The minimum atomic E-state index is -0.0602. The number of hydrogen-bond donors (Lipinski definition) is 1. The number of nitrogens with zero attached hydrogens (tertiary/aromatic N) is 1. The summed E-state index contributed by atoms with van der Waals surface area (Å²) in [7, 11) is 0. The average molecular weight is 202 g/mol. The number of hydrogen-bond acceptors (Lipinski definition) is 3. The van der Waals surface area contributed by atoms with Gasteiger partial charge in [0.15, 0.2) is 5.76 Å². The molecule has 15 heavy (non-hydrogen) atoms. The first kappa shape index (κ1) is 9.93. The Balaban J connectivity index is 2.28. The fourth-order valence-electron chi connectivity index (χ4n) is 1.41. The highest BCUT2D eigenvalue weighted by Crippen LogP contribution is 2.22. The molecule has 78 valence electrons. The van der Waals surface area contributed by atoms with Crippen molar-refractivity contribution in [3.8, 4) is 11.3 Å².